The first-order valence-corrected chi connectivity index (χ1v) is 7.74. The van der Waals surface area contributed by atoms with Gasteiger partial charge in [-0.15, -0.1) is 0 Å². The second-order valence-corrected chi connectivity index (χ2v) is 5.12. The van der Waals surface area contributed by atoms with Crippen LogP contribution in [0, 0.1) is 0 Å². The first-order valence-electron chi connectivity index (χ1n) is 7.74. The van der Waals surface area contributed by atoms with Gasteiger partial charge in [0.25, 0.3) is 0 Å². The SMILES string of the molecule is CCCn1ccnc1CC(COc1ccccc1)NCC. The quantitative estimate of drug-likeness (QED) is 0.771. The number of nitrogens with zero attached hydrogens (tertiary/aromatic N) is 2. The van der Waals surface area contributed by atoms with Crippen molar-refractivity contribution in [3.63, 3.8) is 0 Å². The highest BCUT2D eigenvalue weighted by molar-refractivity contribution is 5.21. The molecule has 2 rings (SSSR count). The molecule has 0 saturated carbocycles. The van der Waals surface area contributed by atoms with Crippen LogP contribution in [0.25, 0.3) is 0 Å². The van der Waals surface area contributed by atoms with Crippen molar-refractivity contribution in [1.82, 2.24) is 14.9 Å². The van der Waals surface area contributed by atoms with E-state index in [9.17, 15) is 0 Å². The molecule has 1 N–H and O–H groups in total. The van der Waals surface area contributed by atoms with E-state index in [1.165, 1.54) is 0 Å². The number of rotatable bonds is 9. The minimum absolute atomic E-state index is 0.271. The number of likely N-dealkylation sites (N-methyl/N-ethyl adjacent to an activating group) is 1. The van der Waals surface area contributed by atoms with Crippen molar-refractivity contribution in [2.75, 3.05) is 13.2 Å². The van der Waals surface area contributed by atoms with Crippen molar-refractivity contribution in [2.45, 2.75) is 39.3 Å². The van der Waals surface area contributed by atoms with Gasteiger partial charge in [-0.1, -0.05) is 32.0 Å². The van der Waals surface area contributed by atoms with E-state index in [1.54, 1.807) is 0 Å². The third-order valence-electron chi connectivity index (χ3n) is 3.38. The van der Waals surface area contributed by atoms with Gasteiger partial charge in [0.1, 0.15) is 18.2 Å². The lowest BCUT2D eigenvalue weighted by Crippen LogP contribution is -2.37. The average molecular weight is 287 g/mol. The van der Waals surface area contributed by atoms with E-state index >= 15 is 0 Å². The van der Waals surface area contributed by atoms with E-state index in [2.05, 4.69) is 34.9 Å². The molecule has 0 aliphatic carbocycles. The van der Waals surface area contributed by atoms with Crippen LogP contribution < -0.4 is 10.1 Å². The largest absolute Gasteiger partial charge is 0.492 e. The summed E-state index contributed by atoms with van der Waals surface area (Å²) >= 11 is 0. The van der Waals surface area contributed by atoms with Gasteiger partial charge in [0.2, 0.25) is 0 Å². The number of hydrogen-bond donors (Lipinski definition) is 1. The van der Waals surface area contributed by atoms with Gasteiger partial charge in [0.15, 0.2) is 0 Å². The minimum atomic E-state index is 0.271. The van der Waals surface area contributed by atoms with Crippen molar-refractivity contribution in [3.05, 3.63) is 48.5 Å². The third-order valence-corrected chi connectivity index (χ3v) is 3.38. The number of hydrogen-bond acceptors (Lipinski definition) is 3. The van der Waals surface area contributed by atoms with Crippen molar-refractivity contribution < 1.29 is 4.74 Å². The average Bonchev–Trinajstić information content (AvgIpc) is 2.94. The number of aryl methyl sites for hydroxylation is 1. The van der Waals surface area contributed by atoms with Crippen LogP contribution in [0.4, 0.5) is 0 Å². The fourth-order valence-electron chi connectivity index (χ4n) is 2.39. The number of para-hydroxylation sites is 1. The highest BCUT2D eigenvalue weighted by atomic mass is 16.5. The zero-order chi connectivity index (χ0) is 14.9. The van der Waals surface area contributed by atoms with E-state index in [0.717, 1.165) is 37.5 Å². The highest BCUT2D eigenvalue weighted by Crippen LogP contribution is 2.10. The monoisotopic (exact) mass is 287 g/mol. The molecule has 0 fully saturated rings. The van der Waals surface area contributed by atoms with E-state index < -0.39 is 0 Å². The number of nitrogens with one attached hydrogen (secondary N) is 1. The molecule has 0 radical (unpaired) electrons. The fraction of sp³-hybridized carbons (Fsp3) is 0.471. The van der Waals surface area contributed by atoms with Gasteiger partial charge < -0.3 is 14.6 Å². The molecular weight excluding hydrogens is 262 g/mol. The predicted octanol–water partition coefficient (Wildman–Crippen LogP) is 2.89. The summed E-state index contributed by atoms with van der Waals surface area (Å²) < 4.78 is 8.10. The van der Waals surface area contributed by atoms with Gasteiger partial charge in [-0.3, -0.25) is 0 Å². The van der Waals surface area contributed by atoms with Crippen LogP contribution in [0.2, 0.25) is 0 Å². The maximum atomic E-state index is 5.87. The molecule has 21 heavy (non-hydrogen) atoms. The molecule has 4 heteroatoms. The molecule has 1 aromatic heterocycles. The Kier molecular flexibility index (Phi) is 6.28. The molecule has 0 amide bonds. The third kappa shape index (κ3) is 4.90. The van der Waals surface area contributed by atoms with E-state index in [0.29, 0.717) is 6.61 Å². The number of benzene rings is 1. The van der Waals surface area contributed by atoms with Crippen LogP contribution in [-0.4, -0.2) is 28.7 Å². The van der Waals surface area contributed by atoms with E-state index in [1.807, 2.05) is 36.5 Å². The van der Waals surface area contributed by atoms with Crippen LogP contribution in [0.15, 0.2) is 42.7 Å². The Morgan fingerprint density at radius 2 is 2.05 bits per heavy atom. The molecule has 0 saturated heterocycles. The molecular formula is C17H25N3O. The Labute approximate surface area is 127 Å². The Balaban J connectivity index is 1.93. The molecule has 1 aromatic carbocycles. The van der Waals surface area contributed by atoms with Gasteiger partial charge in [-0.2, -0.15) is 0 Å². The topological polar surface area (TPSA) is 39.1 Å². The molecule has 1 unspecified atom stereocenters. The molecule has 114 valence electrons. The van der Waals surface area contributed by atoms with Gasteiger partial charge >= 0.3 is 0 Å². The second kappa shape index (κ2) is 8.47. The van der Waals surface area contributed by atoms with Gasteiger partial charge in [0, 0.05) is 31.4 Å². The summed E-state index contributed by atoms with van der Waals surface area (Å²) in [5, 5.41) is 3.48. The van der Waals surface area contributed by atoms with Crippen molar-refractivity contribution in [2.24, 2.45) is 0 Å². The first kappa shape index (κ1) is 15.6. The molecule has 0 bridgehead atoms. The van der Waals surface area contributed by atoms with Crippen LogP contribution in [0.1, 0.15) is 26.1 Å². The molecule has 4 nitrogen and oxygen atoms in total. The van der Waals surface area contributed by atoms with Gasteiger partial charge in [-0.05, 0) is 25.1 Å². The number of imidazole rings is 1. The molecule has 2 aromatic rings. The highest BCUT2D eigenvalue weighted by Gasteiger charge is 2.13. The van der Waals surface area contributed by atoms with Crippen molar-refractivity contribution in [1.29, 1.82) is 0 Å². The van der Waals surface area contributed by atoms with Crippen LogP contribution in [0.3, 0.4) is 0 Å². The molecule has 1 atom stereocenters. The summed E-state index contributed by atoms with van der Waals surface area (Å²) in [4.78, 5) is 4.48. The summed E-state index contributed by atoms with van der Waals surface area (Å²) in [6, 6.07) is 10.2. The Bertz CT molecular complexity index is 510. The van der Waals surface area contributed by atoms with E-state index in [4.69, 9.17) is 4.74 Å². The molecule has 0 aliphatic rings. The molecule has 1 heterocycles. The maximum Gasteiger partial charge on any atom is 0.119 e. The summed E-state index contributed by atoms with van der Waals surface area (Å²) in [5.74, 6) is 2.04. The smallest absolute Gasteiger partial charge is 0.119 e. The Hall–Kier alpha value is -1.81. The van der Waals surface area contributed by atoms with Gasteiger partial charge in [0.05, 0.1) is 0 Å². The van der Waals surface area contributed by atoms with Crippen molar-refractivity contribution >= 4 is 0 Å². The van der Waals surface area contributed by atoms with Gasteiger partial charge in [-0.25, -0.2) is 4.98 Å². The van der Waals surface area contributed by atoms with E-state index in [-0.39, 0.29) is 6.04 Å². The Morgan fingerprint density at radius 1 is 1.24 bits per heavy atom. The maximum absolute atomic E-state index is 5.87. The standard InChI is InChI=1S/C17H25N3O/c1-3-11-20-12-10-19-17(20)13-15(18-4-2)14-21-16-8-6-5-7-9-16/h5-10,12,15,18H,3-4,11,13-14H2,1-2H3. The van der Waals surface area contributed by atoms with Crippen LogP contribution in [-0.2, 0) is 13.0 Å². The minimum Gasteiger partial charge on any atom is -0.492 e. The zero-order valence-electron chi connectivity index (χ0n) is 13.0. The lowest BCUT2D eigenvalue weighted by Gasteiger charge is -2.19. The summed E-state index contributed by atoms with van der Waals surface area (Å²) in [7, 11) is 0. The fourth-order valence-corrected chi connectivity index (χ4v) is 2.39. The first-order chi connectivity index (χ1) is 10.3. The predicted molar refractivity (Wildman–Crippen MR) is 85.6 cm³/mol. The number of ether oxygens (including phenoxy) is 1. The lowest BCUT2D eigenvalue weighted by molar-refractivity contribution is 0.262. The normalized spacial score (nSPS) is 12.3. The molecule has 0 spiro atoms. The second-order valence-electron chi connectivity index (χ2n) is 5.12. The number of aromatic nitrogens is 2. The lowest BCUT2D eigenvalue weighted by atomic mass is 10.2. The van der Waals surface area contributed by atoms with Crippen LogP contribution in [0.5, 0.6) is 5.75 Å². The Morgan fingerprint density at radius 3 is 2.76 bits per heavy atom. The molecule has 0 aliphatic heterocycles. The summed E-state index contributed by atoms with van der Waals surface area (Å²) in [5.41, 5.74) is 0. The van der Waals surface area contributed by atoms with Crippen molar-refractivity contribution in [3.8, 4) is 5.75 Å². The summed E-state index contributed by atoms with van der Waals surface area (Å²) in [6.07, 6.45) is 5.94. The zero-order valence-corrected chi connectivity index (χ0v) is 13.0. The summed E-state index contributed by atoms with van der Waals surface area (Å²) in [6.45, 7) is 6.90. The van der Waals surface area contributed by atoms with Crippen LogP contribution >= 0.6 is 0 Å².